The van der Waals surface area contributed by atoms with Crippen LogP contribution in [-0.4, -0.2) is 71.6 Å². The molecule has 202 valence electrons. The molecule has 0 N–H and O–H groups in total. The Labute approximate surface area is 242 Å². The van der Waals surface area contributed by atoms with E-state index in [2.05, 4.69) is 27.8 Å². The first-order valence-electron chi connectivity index (χ1n) is 12.1. The van der Waals surface area contributed by atoms with E-state index in [1.54, 1.807) is 4.90 Å². The van der Waals surface area contributed by atoms with Crippen molar-refractivity contribution >= 4 is 59.6 Å². The van der Waals surface area contributed by atoms with Crippen molar-refractivity contribution in [3.05, 3.63) is 75.3 Å². The molecule has 0 bridgehead atoms. The molecule has 1 fully saturated rings. The molecule has 0 atom stereocenters. The van der Waals surface area contributed by atoms with Gasteiger partial charge < -0.3 is 14.4 Å². The third-order valence-electron chi connectivity index (χ3n) is 6.81. The molecule has 37 heavy (non-hydrogen) atoms. The Balaban J connectivity index is 0.00000241. The Bertz CT molecular complexity index is 1210. The van der Waals surface area contributed by atoms with Crippen molar-refractivity contribution in [1.82, 2.24) is 19.4 Å². The number of nitrogens with zero attached hydrogens (tertiary/aromatic N) is 5. The van der Waals surface area contributed by atoms with Gasteiger partial charge in [-0.15, -0.1) is 24.8 Å². The number of hydrogen-bond donors (Lipinski definition) is 0. The lowest BCUT2D eigenvalue weighted by Crippen LogP contribution is -2.47. The number of benzene rings is 2. The van der Waals surface area contributed by atoms with Gasteiger partial charge in [-0.2, -0.15) is 0 Å². The molecule has 1 amide bonds. The van der Waals surface area contributed by atoms with Crippen LogP contribution < -0.4 is 4.90 Å². The minimum Gasteiger partial charge on any atom is -0.369 e. The standard InChI is InChI=1S/C27H33Cl2N5O.2ClH/c1-19-24(29)10-6-11-25(19)33-16-14-32(15-17-33)13-7-12-31(4)27(35)26-20(2)34(21(3)30-26)23-9-5-8-22(28)18-23;;/h5-6,8-11,18H,7,12-17H2,1-4H3;2*1H. The summed E-state index contributed by atoms with van der Waals surface area (Å²) >= 11 is 12.5. The van der Waals surface area contributed by atoms with Crippen LogP contribution in [0.5, 0.6) is 0 Å². The van der Waals surface area contributed by atoms with E-state index in [1.165, 1.54) is 5.69 Å². The van der Waals surface area contributed by atoms with E-state index >= 15 is 0 Å². The summed E-state index contributed by atoms with van der Waals surface area (Å²) in [6, 6.07) is 13.7. The molecule has 6 nitrogen and oxygen atoms in total. The summed E-state index contributed by atoms with van der Waals surface area (Å²) in [7, 11) is 1.86. The van der Waals surface area contributed by atoms with Crippen molar-refractivity contribution in [2.24, 2.45) is 0 Å². The maximum absolute atomic E-state index is 13.2. The Hall–Kier alpha value is -1.96. The van der Waals surface area contributed by atoms with E-state index in [9.17, 15) is 4.79 Å². The Kier molecular flexibility index (Phi) is 11.6. The molecule has 0 aliphatic carbocycles. The smallest absolute Gasteiger partial charge is 0.274 e. The first-order chi connectivity index (χ1) is 16.8. The van der Waals surface area contributed by atoms with Crippen molar-refractivity contribution in [3.8, 4) is 5.69 Å². The second kappa shape index (κ2) is 13.7. The zero-order chi connectivity index (χ0) is 25.1. The van der Waals surface area contributed by atoms with Crippen LogP contribution in [0.25, 0.3) is 5.69 Å². The van der Waals surface area contributed by atoms with Crippen LogP contribution in [-0.2, 0) is 0 Å². The number of imidazole rings is 1. The lowest BCUT2D eigenvalue weighted by molar-refractivity contribution is 0.0782. The first-order valence-corrected chi connectivity index (χ1v) is 12.8. The maximum atomic E-state index is 13.2. The van der Waals surface area contributed by atoms with Crippen LogP contribution in [0.2, 0.25) is 10.0 Å². The normalized spacial score (nSPS) is 13.6. The third-order valence-corrected chi connectivity index (χ3v) is 7.46. The van der Waals surface area contributed by atoms with E-state index in [-0.39, 0.29) is 30.7 Å². The zero-order valence-corrected chi connectivity index (χ0v) is 24.9. The molecule has 0 unspecified atom stereocenters. The highest BCUT2D eigenvalue weighted by molar-refractivity contribution is 6.31. The Morgan fingerprint density at radius 3 is 2.35 bits per heavy atom. The summed E-state index contributed by atoms with van der Waals surface area (Å²) in [4.78, 5) is 24.4. The molecular weight excluding hydrogens is 552 g/mol. The van der Waals surface area contributed by atoms with Gasteiger partial charge in [0.15, 0.2) is 0 Å². The number of rotatable bonds is 7. The fourth-order valence-electron chi connectivity index (χ4n) is 4.80. The van der Waals surface area contributed by atoms with Crippen molar-refractivity contribution in [1.29, 1.82) is 0 Å². The van der Waals surface area contributed by atoms with Crippen molar-refractivity contribution in [2.75, 3.05) is 51.2 Å². The van der Waals surface area contributed by atoms with Crippen LogP contribution in [0.3, 0.4) is 0 Å². The van der Waals surface area contributed by atoms with Gasteiger partial charge in [-0.25, -0.2) is 4.98 Å². The number of aromatic nitrogens is 2. The van der Waals surface area contributed by atoms with Gasteiger partial charge in [-0.05, 0) is 69.6 Å². The highest BCUT2D eigenvalue weighted by atomic mass is 35.5. The summed E-state index contributed by atoms with van der Waals surface area (Å²) in [5.41, 5.74) is 4.61. The molecule has 2 heterocycles. The number of amides is 1. The molecule has 2 aromatic carbocycles. The van der Waals surface area contributed by atoms with Gasteiger partial charge in [-0.3, -0.25) is 9.69 Å². The van der Waals surface area contributed by atoms with Gasteiger partial charge in [0, 0.05) is 61.2 Å². The monoisotopic (exact) mass is 585 g/mol. The second-order valence-electron chi connectivity index (χ2n) is 9.20. The van der Waals surface area contributed by atoms with Crippen LogP contribution in [0.1, 0.15) is 34.0 Å². The highest BCUT2D eigenvalue weighted by Gasteiger charge is 2.23. The summed E-state index contributed by atoms with van der Waals surface area (Å²) in [5, 5.41) is 1.48. The second-order valence-corrected chi connectivity index (χ2v) is 10.0. The minimum absolute atomic E-state index is 0. The number of piperazine rings is 1. The predicted octanol–water partition coefficient (Wildman–Crippen LogP) is 6.23. The SMILES string of the molecule is Cc1c(Cl)cccc1N1CCN(CCCN(C)C(=O)c2nc(C)n(-c3cccc(Cl)c3)c2C)CC1.Cl.Cl. The zero-order valence-electron chi connectivity index (χ0n) is 21.7. The van der Waals surface area contributed by atoms with Gasteiger partial charge in [0.1, 0.15) is 11.5 Å². The van der Waals surface area contributed by atoms with Gasteiger partial charge in [-0.1, -0.05) is 35.3 Å². The number of aryl methyl sites for hydroxylation is 1. The number of halogens is 4. The van der Waals surface area contributed by atoms with E-state index in [0.29, 0.717) is 17.3 Å². The molecule has 1 aromatic heterocycles. The van der Waals surface area contributed by atoms with Crippen LogP contribution in [0.4, 0.5) is 5.69 Å². The van der Waals surface area contributed by atoms with Crippen LogP contribution in [0, 0.1) is 20.8 Å². The molecule has 1 aliphatic heterocycles. The van der Waals surface area contributed by atoms with Crippen LogP contribution in [0.15, 0.2) is 42.5 Å². The van der Waals surface area contributed by atoms with Crippen molar-refractivity contribution in [2.45, 2.75) is 27.2 Å². The number of anilines is 1. The molecular formula is C27H35Cl4N5O. The quantitative estimate of drug-likeness (QED) is 0.329. The molecule has 3 aromatic rings. The average molecular weight is 587 g/mol. The Morgan fingerprint density at radius 2 is 1.68 bits per heavy atom. The van der Waals surface area contributed by atoms with Gasteiger partial charge in [0.2, 0.25) is 0 Å². The lowest BCUT2D eigenvalue weighted by Gasteiger charge is -2.37. The van der Waals surface area contributed by atoms with Crippen molar-refractivity contribution in [3.63, 3.8) is 0 Å². The predicted molar refractivity (Wildman–Crippen MR) is 159 cm³/mol. The van der Waals surface area contributed by atoms with Gasteiger partial charge in [0.25, 0.3) is 5.91 Å². The Morgan fingerprint density at radius 1 is 1.00 bits per heavy atom. The summed E-state index contributed by atoms with van der Waals surface area (Å²) in [6.45, 7) is 11.6. The van der Waals surface area contributed by atoms with Gasteiger partial charge in [0.05, 0.1) is 5.69 Å². The van der Waals surface area contributed by atoms with Crippen LogP contribution >= 0.6 is 48.0 Å². The topological polar surface area (TPSA) is 44.6 Å². The third kappa shape index (κ3) is 7.12. The molecule has 0 spiro atoms. The minimum atomic E-state index is -0.0485. The van der Waals surface area contributed by atoms with E-state index < -0.39 is 0 Å². The fourth-order valence-corrected chi connectivity index (χ4v) is 5.16. The van der Waals surface area contributed by atoms with Crippen molar-refractivity contribution < 1.29 is 4.79 Å². The molecule has 4 rings (SSSR count). The maximum Gasteiger partial charge on any atom is 0.274 e. The summed E-state index contributed by atoms with van der Waals surface area (Å²) < 4.78 is 1.98. The highest BCUT2D eigenvalue weighted by Crippen LogP contribution is 2.27. The number of carbonyl (C=O) groups is 1. The van der Waals surface area contributed by atoms with E-state index in [4.69, 9.17) is 23.2 Å². The summed E-state index contributed by atoms with van der Waals surface area (Å²) in [5.74, 6) is 0.724. The fraction of sp³-hybridized carbons (Fsp3) is 0.407. The van der Waals surface area contributed by atoms with Gasteiger partial charge >= 0.3 is 0 Å². The first kappa shape index (κ1) is 31.3. The van der Waals surface area contributed by atoms with E-state index in [1.807, 2.05) is 61.9 Å². The van der Waals surface area contributed by atoms with E-state index in [0.717, 1.165) is 66.9 Å². The lowest BCUT2D eigenvalue weighted by atomic mass is 10.1. The molecule has 10 heteroatoms. The number of hydrogen-bond acceptors (Lipinski definition) is 4. The molecule has 0 saturated carbocycles. The largest absolute Gasteiger partial charge is 0.369 e. The number of carbonyl (C=O) groups excluding carboxylic acids is 1. The molecule has 1 aliphatic rings. The summed E-state index contributed by atoms with van der Waals surface area (Å²) in [6.07, 6.45) is 0.922. The molecule has 1 saturated heterocycles. The molecule has 0 radical (unpaired) electrons. The average Bonchev–Trinajstić information content (AvgIpc) is 3.14.